The summed E-state index contributed by atoms with van der Waals surface area (Å²) < 4.78 is 1.19. The highest BCUT2D eigenvalue weighted by molar-refractivity contribution is 5.86. The summed E-state index contributed by atoms with van der Waals surface area (Å²) in [5.74, 6) is -1.53. The summed E-state index contributed by atoms with van der Waals surface area (Å²) in [6.45, 7) is 7.09. The van der Waals surface area contributed by atoms with Crippen molar-refractivity contribution in [3.05, 3.63) is 28.2 Å². The lowest BCUT2D eigenvalue weighted by Gasteiger charge is -2.18. The first-order valence-corrected chi connectivity index (χ1v) is 6.39. The Labute approximate surface area is 111 Å². The van der Waals surface area contributed by atoms with Crippen LogP contribution in [0.25, 0.3) is 0 Å². The lowest BCUT2D eigenvalue weighted by Crippen LogP contribution is -2.29. The number of aromatic hydroxyl groups is 1. The zero-order chi connectivity index (χ0) is 14.4. The molecule has 0 unspecified atom stereocenters. The Morgan fingerprint density at radius 3 is 2.47 bits per heavy atom. The van der Waals surface area contributed by atoms with Gasteiger partial charge in [-0.3, -0.25) is 4.79 Å². The van der Waals surface area contributed by atoms with E-state index in [4.69, 9.17) is 5.11 Å². The number of carboxylic acid groups (broad SMARTS) is 1. The van der Waals surface area contributed by atoms with Gasteiger partial charge in [-0.15, -0.1) is 0 Å². The third kappa shape index (κ3) is 4.10. The van der Waals surface area contributed by atoms with E-state index in [9.17, 15) is 14.7 Å². The fraction of sp³-hybridized carbons (Fsp3) is 0.538. The van der Waals surface area contributed by atoms with Gasteiger partial charge in [-0.1, -0.05) is 13.8 Å². The second-order valence-corrected chi connectivity index (χ2v) is 4.27. The number of carbonyl (C=O) groups is 1. The summed E-state index contributed by atoms with van der Waals surface area (Å²) in [5.41, 5.74) is -0.665. The summed E-state index contributed by atoms with van der Waals surface area (Å²) in [7, 11) is 0. The Bertz CT molecular complexity index is 492. The van der Waals surface area contributed by atoms with Crippen molar-refractivity contribution in [1.29, 1.82) is 0 Å². The van der Waals surface area contributed by atoms with Crippen LogP contribution >= 0.6 is 0 Å². The third-order valence-corrected chi connectivity index (χ3v) is 3.08. The van der Waals surface area contributed by atoms with Gasteiger partial charge < -0.3 is 19.7 Å². The Morgan fingerprint density at radius 1 is 1.32 bits per heavy atom. The summed E-state index contributed by atoms with van der Waals surface area (Å²) in [6, 6.07) is 2.13. The number of pyridine rings is 1. The van der Waals surface area contributed by atoms with Gasteiger partial charge in [0, 0.05) is 18.7 Å². The maximum absolute atomic E-state index is 11.7. The molecule has 0 amide bonds. The quantitative estimate of drug-likeness (QED) is 0.770. The molecule has 0 aliphatic rings. The second kappa shape index (κ2) is 6.94. The molecule has 1 heterocycles. The first kappa shape index (κ1) is 15.2. The molecule has 106 valence electrons. The van der Waals surface area contributed by atoms with Crippen molar-refractivity contribution >= 4 is 5.97 Å². The van der Waals surface area contributed by atoms with E-state index in [0.717, 1.165) is 31.8 Å². The van der Waals surface area contributed by atoms with Crippen molar-refractivity contribution in [3.8, 4) is 5.75 Å². The number of carboxylic acids is 1. The van der Waals surface area contributed by atoms with Crippen molar-refractivity contribution in [2.75, 3.05) is 19.6 Å². The van der Waals surface area contributed by atoms with E-state index in [-0.39, 0.29) is 11.4 Å². The molecule has 6 nitrogen and oxygen atoms in total. The summed E-state index contributed by atoms with van der Waals surface area (Å²) >= 11 is 0. The maximum atomic E-state index is 11.7. The first-order valence-electron chi connectivity index (χ1n) is 6.39. The average molecular weight is 268 g/mol. The van der Waals surface area contributed by atoms with Crippen LogP contribution in [0.15, 0.2) is 16.9 Å². The predicted molar refractivity (Wildman–Crippen MR) is 71.7 cm³/mol. The van der Waals surface area contributed by atoms with E-state index in [1.165, 1.54) is 4.57 Å². The highest BCUT2D eigenvalue weighted by Crippen LogP contribution is 2.09. The van der Waals surface area contributed by atoms with E-state index in [0.29, 0.717) is 13.0 Å². The molecule has 0 aromatic carbocycles. The van der Waals surface area contributed by atoms with Crippen LogP contribution in [0.4, 0.5) is 0 Å². The lowest BCUT2D eigenvalue weighted by atomic mass is 10.3. The molecule has 6 heteroatoms. The van der Waals surface area contributed by atoms with Crippen LogP contribution in [0.2, 0.25) is 0 Å². The van der Waals surface area contributed by atoms with Crippen molar-refractivity contribution in [3.63, 3.8) is 0 Å². The fourth-order valence-corrected chi connectivity index (χ4v) is 1.98. The van der Waals surface area contributed by atoms with Gasteiger partial charge in [0.2, 0.25) is 0 Å². The van der Waals surface area contributed by atoms with Gasteiger partial charge in [-0.2, -0.15) is 0 Å². The summed E-state index contributed by atoms with van der Waals surface area (Å²) in [5, 5.41) is 18.3. The molecule has 0 spiro atoms. The molecule has 0 aliphatic heterocycles. The van der Waals surface area contributed by atoms with Crippen LogP contribution in [-0.4, -0.2) is 45.3 Å². The summed E-state index contributed by atoms with van der Waals surface area (Å²) in [6.07, 6.45) is 0.687. The minimum absolute atomic E-state index is 0.176. The fourth-order valence-electron chi connectivity index (χ4n) is 1.98. The largest absolute Gasteiger partial charge is 0.508 e. The highest BCUT2D eigenvalue weighted by Gasteiger charge is 2.13. The molecular weight excluding hydrogens is 248 g/mol. The Balaban J connectivity index is 2.83. The molecule has 19 heavy (non-hydrogen) atoms. The van der Waals surface area contributed by atoms with Crippen molar-refractivity contribution < 1.29 is 15.0 Å². The second-order valence-electron chi connectivity index (χ2n) is 4.27. The molecule has 0 aliphatic carbocycles. The van der Waals surface area contributed by atoms with Crippen molar-refractivity contribution in [1.82, 2.24) is 9.47 Å². The van der Waals surface area contributed by atoms with Gasteiger partial charge in [0.25, 0.3) is 5.56 Å². The average Bonchev–Trinajstić information content (AvgIpc) is 2.36. The number of nitrogens with zero attached hydrogens (tertiary/aromatic N) is 2. The Kier molecular flexibility index (Phi) is 5.57. The number of aromatic nitrogens is 1. The molecule has 1 aromatic rings. The van der Waals surface area contributed by atoms with Crippen LogP contribution in [0.1, 0.15) is 30.8 Å². The molecule has 1 aromatic heterocycles. The molecule has 0 atom stereocenters. The zero-order valence-electron chi connectivity index (χ0n) is 11.3. The normalized spacial score (nSPS) is 10.9. The van der Waals surface area contributed by atoms with Gasteiger partial charge in [0.05, 0.1) is 0 Å². The molecule has 0 bridgehead atoms. The highest BCUT2D eigenvalue weighted by atomic mass is 16.4. The molecule has 0 saturated heterocycles. The van der Waals surface area contributed by atoms with Gasteiger partial charge in [-0.05, 0) is 26.1 Å². The van der Waals surface area contributed by atoms with Crippen LogP contribution in [0.5, 0.6) is 5.75 Å². The molecule has 0 saturated carbocycles. The Morgan fingerprint density at radius 2 is 1.95 bits per heavy atom. The van der Waals surface area contributed by atoms with E-state index in [1.807, 2.05) is 0 Å². The minimum atomic E-state index is -1.21. The topological polar surface area (TPSA) is 82.8 Å². The predicted octanol–water partition coefficient (Wildman–Crippen LogP) is 0.984. The standard InChI is InChI=1S/C13H20N2O4/c1-3-14(4-2)6-5-7-15-11(13(18)19)8-10(16)9-12(15)17/h8-9,16H,3-7H2,1-2H3,(H,18,19). The van der Waals surface area contributed by atoms with Crippen molar-refractivity contribution in [2.45, 2.75) is 26.8 Å². The number of aromatic carboxylic acids is 1. The number of rotatable bonds is 7. The van der Waals surface area contributed by atoms with Gasteiger partial charge in [0.1, 0.15) is 11.4 Å². The van der Waals surface area contributed by atoms with E-state index >= 15 is 0 Å². The SMILES string of the molecule is CCN(CC)CCCn1c(C(=O)O)cc(O)cc1=O. The Hall–Kier alpha value is -1.82. The maximum Gasteiger partial charge on any atom is 0.352 e. The lowest BCUT2D eigenvalue weighted by molar-refractivity contribution is 0.0682. The summed E-state index contributed by atoms with van der Waals surface area (Å²) in [4.78, 5) is 25.0. The minimum Gasteiger partial charge on any atom is -0.508 e. The molecule has 0 fully saturated rings. The molecular formula is C13H20N2O4. The van der Waals surface area contributed by atoms with E-state index in [2.05, 4.69) is 18.7 Å². The third-order valence-electron chi connectivity index (χ3n) is 3.08. The van der Waals surface area contributed by atoms with Crippen molar-refractivity contribution in [2.24, 2.45) is 0 Å². The van der Waals surface area contributed by atoms with Crippen LogP contribution in [0.3, 0.4) is 0 Å². The first-order chi connectivity index (χ1) is 8.99. The van der Waals surface area contributed by atoms with Gasteiger partial charge in [-0.25, -0.2) is 4.79 Å². The van der Waals surface area contributed by atoms with Crippen LogP contribution in [-0.2, 0) is 6.54 Å². The smallest absolute Gasteiger partial charge is 0.352 e. The van der Waals surface area contributed by atoms with Crippen LogP contribution in [0, 0.1) is 0 Å². The van der Waals surface area contributed by atoms with Gasteiger partial charge >= 0.3 is 5.97 Å². The monoisotopic (exact) mass is 268 g/mol. The van der Waals surface area contributed by atoms with E-state index < -0.39 is 11.5 Å². The number of hydrogen-bond acceptors (Lipinski definition) is 4. The van der Waals surface area contributed by atoms with Crippen LogP contribution < -0.4 is 5.56 Å². The number of hydrogen-bond donors (Lipinski definition) is 2. The zero-order valence-corrected chi connectivity index (χ0v) is 11.3. The van der Waals surface area contributed by atoms with Gasteiger partial charge in [0.15, 0.2) is 0 Å². The molecule has 2 N–H and O–H groups in total. The van der Waals surface area contributed by atoms with E-state index in [1.54, 1.807) is 0 Å². The molecule has 0 radical (unpaired) electrons. The molecule has 1 rings (SSSR count).